The van der Waals surface area contributed by atoms with Gasteiger partial charge in [0, 0.05) is 19.3 Å². The van der Waals surface area contributed by atoms with Crippen LogP contribution in [0, 0.1) is 0 Å². The van der Waals surface area contributed by atoms with Crippen molar-refractivity contribution in [3.63, 3.8) is 0 Å². The molecule has 0 aromatic carbocycles. The Morgan fingerprint density at radius 2 is 1.95 bits per heavy atom. The van der Waals surface area contributed by atoms with Gasteiger partial charge in [-0.2, -0.15) is 13.2 Å². The maximum atomic E-state index is 12.4. The zero-order valence-corrected chi connectivity index (χ0v) is 12.6. The number of amides is 1. The molecule has 1 aliphatic rings. The predicted octanol–water partition coefficient (Wildman–Crippen LogP) is 3.13. The quantitative estimate of drug-likeness (QED) is 0.910. The number of pyridine rings is 1. The van der Waals surface area contributed by atoms with Crippen molar-refractivity contribution in [3.05, 3.63) is 23.9 Å². The van der Waals surface area contributed by atoms with Crippen molar-refractivity contribution >= 4 is 11.9 Å². The van der Waals surface area contributed by atoms with Crippen LogP contribution in [0.1, 0.15) is 26.3 Å². The summed E-state index contributed by atoms with van der Waals surface area (Å²) in [5, 5.41) is 2.98. The molecule has 8 heteroatoms. The number of nitrogens with one attached hydrogen (secondary N) is 1. The lowest BCUT2D eigenvalue weighted by atomic mass is 10.1. The van der Waals surface area contributed by atoms with Crippen LogP contribution in [0.4, 0.5) is 23.8 Å². The highest BCUT2D eigenvalue weighted by molar-refractivity contribution is 5.69. The van der Waals surface area contributed by atoms with Crippen molar-refractivity contribution in [2.75, 3.05) is 18.4 Å². The number of hydrogen-bond acceptors (Lipinski definition) is 4. The van der Waals surface area contributed by atoms with Crippen molar-refractivity contribution in [1.29, 1.82) is 0 Å². The molecule has 0 atom stereocenters. The molecule has 0 unspecified atom stereocenters. The van der Waals surface area contributed by atoms with E-state index in [0.717, 1.165) is 12.3 Å². The SMILES string of the molecule is CC(C)(C)OC(=O)N1CC(Nc2ccc(C(F)(F)F)cn2)C1. The first-order valence-electron chi connectivity index (χ1n) is 6.82. The lowest BCUT2D eigenvalue weighted by molar-refractivity contribution is -0.137. The van der Waals surface area contributed by atoms with Crippen LogP contribution >= 0.6 is 0 Å². The standard InChI is InChI=1S/C14H18F3N3O2/c1-13(2,3)22-12(21)20-7-10(8-20)19-11-5-4-9(6-18-11)14(15,16)17/h4-6,10H,7-8H2,1-3H3,(H,18,19). The third-order valence-electron chi connectivity index (χ3n) is 2.98. The van der Waals surface area contributed by atoms with E-state index in [4.69, 9.17) is 4.74 Å². The van der Waals surface area contributed by atoms with Gasteiger partial charge in [-0.05, 0) is 32.9 Å². The molecule has 5 nitrogen and oxygen atoms in total. The first-order chi connectivity index (χ1) is 10.0. The van der Waals surface area contributed by atoms with E-state index >= 15 is 0 Å². The van der Waals surface area contributed by atoms with E-state index in [1.54, 1.807) is 20.8 Å². The van der Waals surface area contributed by atoms with E-state index in [2.05, 4.69) is 10.3 Å². The molecule has 1 fully saturated rings. The summed E-state index contributed by atoms with van der Waals surface area (Å²) in [5.74, 6) is 0.349. The fourth-order valence-corrected chi connectivity index (χ4v) is 1.90. The van der Waals surface area contributed by atoms with Gasteiger partial charge in [-0.1, -0.05) is 0 Å². The summed E-state index contributed by atoms with van der Waals surface area (Å²) >= 11 is 0. The first-order valence-corrected chi connectivity index (χ1v) is 6.82. The number of ether oxygens (including phenoxy) is 1. The normalized spacial score (nSPS) is 16.2. The molecule has 1 aliphatic heterocycles. The number of carbonyl (C=O) groups is 1. The molecule has 1 N–H and O–H groups in total. The number of likely N-dealkylation sites (tertiary alicyclic amines) is 1. The topological polar surface area (TPSA) is 54.5 Å². The van der Waals surface area contributed by atoms with Gasteiger partial charge in [0.05, 0.1) is 11.6 Å². The maximum absolute atomic E-state index is 12.4. The van der Waals surface area contributed by atoms with Crippen LogP contribution in [0.15, 0.2) is 18.3 Å². The van der Waals surface area contributed by atoms with Crippen LogP contribution in [0.25, 0.3) is 0 Å². The second-order valence-corrected chi connectivity index (χ2v) is 6.16. The van der Waals surface area contributed by atoms with Crippen molar-refractivity contribution < 1.29 is 22.7 Å². The van der Waals surface area contributed by atoms with E-state index in [1.807, 2.05) is 0 Å². The molecule has 0 bridgehead atoms. The minimum absolute atomic E-state index is 0.0447. The Bertz CT molecular complexity index is 532. The summed E-state index contributed by atoms with van der Waals surface area (Å²) in [6.45, 7) is 6.21. The van der Waals surface area contributed by atoms with Crippen LogP contribution in [-0.4, -0.2) is 40.7 Å². The van der Waals surface area contributed by atoms with Gasteiger partial charge >= 0.3 is 12.3 Å². The number of nitrogens with zero attached hydrogens (tertiary/aromatic N) is 2. The van der Waals surface area contributed by atoms with E-state index in [1.165, 1.54) is 11.0 Å². The fourth-order valence-electron chi connectivity index (χ4n) is 1.90. The molecule has 1 aromatic rings. The summed E-state index contributed by atoms with van der Waals surface area (Å²) < 4.78 is 42.5. The minimum Gasteiger partial charge on any atom is -0.444 e. The van der Waals surface area contributed by atoms with Crippen LogP contribution in [0.2, 0.25) is 0 Å². The van der Waals surface area contributed by atoms with Crippen molar-refractivity contribution in [3.8, 4) is 0 Å². The highest BCUT2D eigenvalue weighted by Gasteiger charge is 2.34. The number of halogens is 3. The summed E-state index contributed by atoms with van der Waals surface area (Å²) in [5.41, 5.74) is -1.34. The van der Waals surface area contributed by atoms with E-state index in [-0.39, 0.29) is 6.04 Å². The second-order valence-electron chi connectivity index (χ2n) is 6.16. The number of hydrogen-bond donors (Lipinski definition) is 1. The highest BCUT2D eigenvalue weighted by atomic mass is 19.4. The van der Waals surface area contributed by atoms with E-state index in [9.17, 15) is 18.0 Å². The predicted molar refractivity (Wildman–Crippen MR) is 74.5 cm³/mol. The monoisotopic (exact) mass is 317 g/mol. The number of alkyl halides is 3. The number of aromatic nitrogens is 1. The molecule has 1 aromatic heterocycles. The van der Waals surface area contributed by atoms with Crippen LogP contribution in [0.3, 0.4) is 0 Å². The number of anilines is 1. The number of carbonyl (C=O) groups excluding carboxylic acids is 1. The van der Waals surface area contributed by atoms with E-state index in [0.29, 0.717) is 18.9 Å². The van der Waals surface area contributed by atoms with Gasteiger partial charge in [0.2, 0.25) is 0 Å². The molecule has 2 rings (SSSR count). The Kier molecular flexibility index (Phi) is 4.21. The van der Waals surface area contributed by atoms with Crippen molar-refractivity contribution in [2.24, 2.45) is 0 Å². The third kappa shape index (κ3) is 4.25. The number of rotatable bonds is 2. The second kappa shape index (κ2) is 5.66. The molecular formula is C14H18F3N3O2. The summed E-state index contributed by atoms with van der Waals surface area (Å²) in [6.07, 6.45) is -4.01. The summed E-state index contributed by atoms with van der Waals surface area (Å²) in [6, 6.07) is 2.20. The molecule has 22 heavy (non-hydrogen) atoms. The van der Waals surface area contributed by atoms with Crippen molar-refractivity contribution in [1.82, 2.24) is 9.88 Å². The molecule has 0 saturated carbocycles. The molecule has 1 amide bonds. The Balaban J connectivity index is 1.82. The lowest BCUT2D eigenvalue weighted by Gasteiger charge is -2.40. The fraction of sp³-hybridized carbons (Fsp3) is 0.571. The van der Waals surface area contributed by atoms with Gasteiger partial charge in [-0.15, -0.1) is 0 Å². The Morgan fingerprint density at radius 1 is 1.32 bits per heavy atom. The van der Waals surface area contributed by atoms with Gasteiger partial charge < -0.3 is 15.0 Å². The Hall–Kier alpha value is -1.99. The van der Waals surface area contributed by atoms with Crippen LogP contribution in [0.5, 0.6) is 0 Å². The zero-order valence-electron chi connectivity index (χ0n) is 12.6. The Morgan fingerprint density at radius 3 is 2.41 bits per heavy atom. The summed E-state index contributed by atoms with van der Waals surface area (Å²) in [7, 11) is 0. The largest absolute Gasteiger partial charge is 0.444 e. The van der Waals surface area contributed by atoms with Gasteiger partial charge in [0.25, 0.3) is 0 Å². The molecule has 122 valence electrons. The first kappa shape index (κ1) is 16.4. The zero-order chi connectivity index (χ0) is 16.5. The van der Waals surface area contributed by atoms with Gasteiger partial charge in [0.15, 0.2) is 0 Å². The van der Waals surface area contributed by atoms with Gasteiger partial charge in [0.1, 0.15) is 11.4 Å². The molecular weight excluding hydrogens is 299 g/mol. The average Bonchev–Trinajstić information content (AvgIpc) is 2.30. The lowest BCUT2D eigenvalue weighted by Crippen LogP contribution is -2.58. The van der Waals surface area contributed by atoms with Crippen molar-refractivity contribution in [2.45, 2.75) is 38.6 Å². The molecule has 2 heterocycles. The maximum Gasteiger partial charge on any atom is 0.417 e. The minimum atomic E-state index is -4.39. The van der Waals surface area contributed by atoms with Crippen LogP contribution in [-0.2, 0) is 10.9 Å². The van der Waals surface area contributed by atoms with Crippen LogP contribution < -0.4 is 5.32 Å². The highest BCUT2D eigenvalue weighted by Crippen LogP contribution is 2.29. The third-order valence-corrected chi connectivity index (χ3v) is 2.98. The molecule has 0 radical (unpaired) electrons. The smallest absolute Gasteiger partial charge is 0.417 e. The van der Waals surface area contributed by atoms with E-state index < -0.39 is 23.4 Å². The van der Waals surface area contributed by atoms with Gasteiger partial charge in [-0.3, -0.25) is 0 Å². The van der Waals surface area contributed by atoms with Gasteiger partial charge in [-0.25, -0.2) is 9.78 Å². The summed E-state index contributed by atoms with van der Waals surface area (Å²) in [4.78, 5) is 17.0. The average molecular weight is 317 g/mol. The molecule has 1 saturated heterocycles. The molecule has 0 aliphatic carbocycles. The molecule has 0 spiro atoms. The Labute approximate surface area is 126 Å².